The molecule has 2 fully saturated rings. The molecule has 0 spiro atoms. The van der Waals surface area contributed by atoms with E-state index in [4.69, 9.17) is 9.47 Å². The Morgan fingerprint density at radius 1 is 1.13 bits per heavy atom. The number of benzene rings is 1. The Morgan fingerprint density at radius 3 is 2.48 bits per heavy atom. The molecule has 0 unspecified atom stereocenters. The standard InChI is InChI=1S/C19H27NO3/c1-18(2)9-14-10-19(3,11-18)12-20(14)17(21)13-6-7-15(22-4)16(8-13)23-5/h6-8,14H,9-12H2,1-5H3/t14-,19-/m1/s1. The fraction of sp³-hybridized carbons (Fsp3) is 0.632. The van der Waals surface area contributed by atoms with Crippen LogP contribution in [0.1, 0.15) is 50.4 Å². The van der Waals surface area contributed by atoms with Gasteiger partial charge in [-0.15, -0.1) is 0 Å². The average molecular weight is 317 g/mol. The Balaban J connectivity index is 1.87. The molecule has 2 aliphatic rings. The molecule has 1 aliphatic heterocycles. The zero-order valence-electron chi connectivity index (χ0n) is 14.8. The van der Waals surface area contributed by atoms with Crippen molar-refractivity contribution in [2.75, 3.05) is 20.8 Å². The third-order valence-corrected chi connectivity index (χ3v) is 5.31. The third kappa shape index (κ3) is 2.91. The number of likely N-dealkylation sites (tertiary alicyclic amines) is 1. The highest BCUT2D eigenvalue weighted by Gasteiger charge is 2.51. The van der Waals surface area contributed by atoms with Crippen molar-refractivity contribution >= 4 is 5.91 Å². The van der Waals surface area contributed by atoms with E-state index in [0.717, 1.165) is 19.4 Å². The molecule has 1 heterocycles. The summed E-state index contributed by atoms with van der Waals surface area (Å²) in [5.41, 5.74) is 1.24. The number of nitrogens with zero attached hydrogens (tertiary/aromatic N) is 1. The molecular weight excluding hydrogens is 290 g/mol. The largest absolute Gasteiger partial charge is 0.493 e. The number of ether oxygens (including phenoxy) is 2. The van der Waals surface area contributed by atoms with Gasteiger partial charge in [0.25, 0.3) is 5.91 Å². The van der Waals surface area contributed by atoms with Crippen molar-refractivity contribution in [1.29, 1.82) is 0 Å². The van der Waals surface area contributed by atoms with Gasteiger partial charge in [-0.2, -0.15) is 0 Å². The molecular formula is C19H27NO3. The summed E-state index contributed by atoms with van der Waals surface area (Å²) in [5, 5.41) is 0. The maximum absolute atomic E-state index is 13.0. The molecule has 1 saturated heterocycles. The first-order valence-corrected chi connectivity index (χ1v) is 8.30. The molecule has 1 aromatic carbocycles. The van der Waals surface area contributed by atoms with Crippen LogP contribution in [0.2, 0.25) is 0 Å². The van der Waals surface area contributed by atoms with Gasteiger partial charge in [0, 0.05) is 18.2 Å². The summed E-state index contributed by atoms with van der Waals surface area (Å²) in [7, 11) is 3.20. The van der Waals surface area contributed by atoms with Crippen LogP contribution < -0.4 is 9.47 Å². The van der Waals surface area contributed by atoms with E-state index < -0.39 is 0 Å². The Bertz CT molecular complexity index is 625. The van der Waals surface area contributed by atoms with E-state index in [1.54, 1.807) is 26.4 Å². The molecule has 0 N–H and O–H groups in total. The highest BCUT2D eigenvalue weighted by molar-refractivity contribution is 5.95. The summed E-state index contributed by atoms with van der Waals surface area (Å²) in [6.45, 7) is 7.82. The fourth-order valence-corrected chi connectivity index (χ4v) is 4.83. The summed E-state index contributed by atoms with van der Waals surface area (Å²) >= 11 is 0. The second-order valence-corrected chi connectivity index (χ2v) is 8.22. The van der Waals surface area contributed by atoms with Gasteiger partial charge in [0.05, 0.1) is 14.2 Å². The normalized spacial score (nSPS) is 28.6. The molecule has 4 heteroatoms. The second kappa shape index (κ2) is 5.43. The zero-order chi connectivity index (χ0) is 16.8. The topological polar surface area (TPSA) is 38.8 Å². The van der Waals surface area contributed by atoms with Gasteiger partial charge in [0.15, 0.2) is 11.5 Å². The minimum absolute atomic E-state index is 0.109. The number of hydrogen-bond acceptors (Lipinski definition) is 3. The van der Waals surface area contributed by atoms with Gasteiger partial charge in [-0.3, -0.25) is 4.79 Å². The molecule has 3 rings (SSSR count). The van der Waals surface area contributed by atoms with Crippen molar-refractivity contribution < 1.29 is 14.3 Å². The van der Waals surface area contributed by atoms with Gasteiger partial charge < -0.3 is 14.4 Å². The van der Waals surface area contributed by atoms with E-state index in [1.165, 1.54) is 6.42 Å². The lowest BCUT2D eigenvalue weighted by molar-refractivity contribution is 0.0708. The van der Waals surface area contributed by atoms with Gasteiger partial charge in [-0.05, 0) is 48.3 Å². The van der Waals surface area contributed by atoms with E-state index in [9.17, 15) is 4.79 Å². The predicted molar refractivity (Wildman–Crippen MR) is 90.1 cm³/mol. The maximum Gasteiger partial charge on any atom is 0.254 e. The minimum atomic E-state index is 0.109. The Morgan fingerprint density at radius 2 is 1.83 bits per heavy atom. The lowest BCUT2D eigenvalue weighted by Gasteiger charge is -2.39. The molecule has 23 heavy (non-hydrogen) atoms. The number of amides is 1. The van der Waals surface area contributed by atoms with E-state index in [0.29, 0.717) is 28.5 Å². The van der Waals surface area contributed by atoms with Crippen molar-refractivity contribution in [2.24, 2.45) is 10.8 Å². The predicted octanol–water partition coefficient (Wildman–Crippen LogP) is 3.74. The molecule has 2 atom stereocenters. The lowest BCUT2D eigenvalue weighted by atomic mass is 9.65. The lowest BCUT2D eigenvalue weighted by Crippen LogP contribution is -2.37. The van der Waals surface area contributed by atoms with Crippen LogP contribution in [-0.4, -0.2) is 37.6 Å². The molecule has 1 aliphatic carbocycles. The average Bonchev–Trinajstić information content (AvgIpc) is 2.74. The Kier molecular flexibility index (Phi) is 3.81. The van der Waals surface area contributed by atoms with Crippen molar-refractivity contribution in [1.82, 2.24) is 4.90 Å². The highest BCUT2D eigenvalue weighted by atomic mass is 16.5. The van der Waals surface area contributed by atoms with Crippen LogP contribution in [0.3, 0.4) is 0 Å². The van der Waals surface area contributed by atoms with Gasteiger partial charge in [0.2, 0.25) is 0 Å². The Hall–Kier alpha value is -1.71. The first-order chi connectivity index (χ1) is 10.8. The first-order valence-electron chi connectivity index (χ1n) is 8.30. The molecule has 1 saturated carbocycles. The van der Waals surface area contributed by atoms with E-state index >= 15 is 0 Å². The van der Waals surface area contributed by atoms with Crippen LogP contribution in [-0.2, 0) is 0 Å². The van der Waals surface area contributed by atoms with Crippen LogP contribution >= 0.6 is 0 Å². The highest BCUT2D eigenvalue weighted by Crippen LogP contribution is 2.52. The van der Waals surface area contributed by atoms with Crippen LogP contribution in [0.5, 0.6) is 11.5 Å². The molecule has 1 amide bonds. The minimum Gasteiger partial charge on any atom is -0.493 e. The van der Waals surface area contributed by atoms with Crippen molar-refractivity contribution in [3.63, 3.8) is 0 Å². The molecule has 0 radical (unpaired) electrons. The van der Waals surface area contributed by atoms with Gasteiger partial charge >= 0.3 is 0 Å². The number of carbonyl (C=O) groups excluding carboxylic acids is 1. The molecule has 2 bridgehead atoms. The third-order valence-electron chi connectivity index (χ3n) is 5.31. The quantitative estimate of drug-likeness (QED) is 0.852. The number of rotatable bonds is 3. The van der Waals surface area contributed by atoms with E-state index in [1.807, 2.05) is 6.07 Å². The maximum atomic E-state index is 13.0. The fourth-order valence-electron chi connectivity index (χ4n) is 4.83. The SMILES string of the molecule is COc1ccc(C(=O)N2C[C@]3(C)C[C@H]2CC(C)(C)C3)cc1OC. The number of carbonyl (C=O) groups is 1. The number of fused-ring (bicyclic) bond motifs is 2. The second-order valence-electron chi connectivity index (χ2n) is 8.22. The summed E-state index contributed by atoms with van der Waals surface area (Å²) in [5.74, 6) is 1.36. The van der Waals surface area contributed by atoms with Crippen molar-refractivity contribution in [3.8, 4) is 11.5 Å². The van der Waals surface area contributed by atoms with Gasteiger partial charge in [-0.25, -0.2) is 0 Å². The smallest absolute Gasteiger partial charge is 0.254 e. The first kappa shape index (κ1) is 16.2. The van der Waals surface area contributed by atoms with Gasteiger partial charge in [-0.1, -0.05) is 20.8 Å². The Labute approximate surface area is 138 Å². The summed E-state index contributed by atoms with van der Waals surface area (Å²) in [6.07, 6.45) is 3.39. The summed E-state index contributed by atoms with van der Waals surface area (Å²) in [4.78, 5) is 15.1. The van der Waals surface area contributed by atoms with E-state index in [2.05, 4.69) is 25.7 Å². The zero-order valence-corrected chi connectivity index (χ0v) is 14.8. The van der Waals surface area contributed by atoms with E-state index in [-0.39, 0.29) is 11.3 Å². The molecule has 126 valence electrons. The van der Waals surface area contributed by atoms with Crippen molar-refractivity contribution in [2.45, 2.75) is 46.1 Å². The number of methoxy groups -OCH3 is 2. The molecule has 1 aromatic rings. The summed E-state index contributed by atoms with van der Waals surface area (Å²) in [6, 6.07) is 5.78. The van der Waals surface area contributed by atoms with Crippen LogP contribution in [0.15, 0.2) is 18.2 Å². The van der Waals surface area contributed by atoms with Gasteiger partial charge in [0.1, 0.15) is 0 Å². The van der Waals surface area contributed by atoms with Crippen LogP contribution in [0.4, 0.5) is 0 Å². The summed E-state index contributed by atoms with van der Waals surface area (Å²) < 4.78 is 10.6. The van der Waals surface area contributed by atoms with Crippen LogP contribution in [0.25, 0.3) is 0 Å². The number of hydrogen-bond donors (Lipinski definition) is 0. The van der Waals surface area contributed by atoms with Crippen molar-refractivity contribution in [3.05, 3.63) is 23.8 Å². The monoisotopic (exact) mass is 317 g/mol. The molecule has 0 aromatic heterocycles. The molecule has 4 nitrogen and oxygen atoms in total. The van der Waals surface area contributed by atoms with Crippen LogP contribution in [0, 0.1) is 10.8 Å².